The van der Waals surface area contributed by atoms with Crippen LogP contribution in [-0.2, 0) is 9.53 Å². The van der Waals surface area contributed by atoms with Gasteiger partial charge in [0.1, 0.15) is 0 Å². The van der Waals surface area contributed by atoms with Crippen molar-refractivity contribution < 1.29 is 24.1 Å². The maximum absolute atomic E-state index is 12.6. The summed E-state index contributed by atoms with van der Waals surface area (Å²) in [5.74, 6) is -0.636. The third-order valence-corrected chi connectivity index (χ3v) is 4.99. The number of amides is 1. The lowest BCUT2D eigenvalue weighted by Crippen LogP contribution is -3.12. The molecule has 8 nitrogen and oxygen atoms in total. The number of hydrogen-bond donors (Lipinski definition) is 1. The highest BCUT2D eigenvalue weighted by Gasteiger charge is 2.25. The van der Waals surface area contributed by atoms with E-state index in [1.807, 2.05) is 0 Å². The lowest BCUT2D eigenvalue weighted by molar-refractivity contribution is -0.883. The van der Waals surface area contributed by atoms with E-state index in [1.54, 1.807) is 17.9 Å². The maximum Gasteiger partial charge on any atom is 0.316 e. The fraction of sp³-hybridized carbons (Fsp3) is 0.500. The highest BCUT2D eigenvalue weighted by atomic mass is 32.2. The third-order valence-electron chi connectivity index (χ3n) is 3.96. The standard InChI is InChI=1S/C16H21N3O5S/c1-3-24-15(20)11-25-14-5-4-12(10-13(14)19(22)23)16(21)18-8-6-17(2)7-9-18/h4-5,10H,3,6-9,11H2,1-2H3/p+1. The first-order valence-electron chi connectivity index (χ1n) is 8.09. The maximum atomic E-state index is 12.6. The number of likely N-dealkylation sites (N-methyl/N-ethyl adjacent to an activating group) is 1. The lowest BCUT2D eigenvalue weighted by Gasteiger charge is -2.30. The Hall–Kier alpha value is -2.13. The van der Waals surface area contributed by atoms with Gasteiger partial charge in [-0.2, -0.15) is 0 Å². The Kier molecular flexibility index (Phi) is 6.77. The molecule has 2 rings (SSSR count). The smallest absolute Gasteiger partial charge is 0.316 e. The van der Waals surface area contributed by atoms with Gasteiger partial charge in [0, 0.05) is 11.6 Å². The molecule has 0 atom stereocenters. The second kappa shape index (κ2) is 8.82. The molecule has 1 heterocycles. The van der Waals surface area contributed by atoms with Gasteiger partial charge in [-0.25, -0.2) is 0 Å². The molecule has 0 spiro atoms. The van der Waals surface area contributed by atoms with Crippen molar-refractivity contribution in [1.82, 2.24) is 4.90 Å². The Morgan fingerprint density at radius 2 is 2.04 bits per heavy atom. The van der Waals surface area contributed by atoms with E-state index in [1.165, 1.54) is 17.0 Å². The molecule has 1 saturated heterocycles. The molecule has 0 aliphatic carbocycles. The molecular formula is C16H22N3O5S+. The number of thioether (sulfide) groups is 1. The summed E-state index contributed by atoms with van der Waals surface area (Å²) in [6.45, 7) is 4.96. The van der Waals surface area contributed by atoms with Crippen LogP contribution in [-0.4, -0.2) is 67.3 Å². The highest BCUT2D eigenvalue weighted by molar-refractivity contribution is 8.00. The monoisotopic (exact) mass is 368 g/mol. The summed E-state index contributed by atoms with van der Waals surface area (Å²) in [6.07, 6.45) is 0. The van der Waals surface area contributed by atoms with Crippen molar-refractivity contribution in [1.29, 1.82) is 0 Å². The van der Waals surface area contributed by atoms with E-state index >= 15 is 0 Å². The van der Waals surface area contributed by atoms with Gasteiger partial charge in [0.25, 0.3) is 11.6 Å². The summed E-state index contributed by atoms with van der Waals surface area (Å²) in [4.78, 5) is 38.2. The molecule has 0 aromatic heterocycles. The van der Waals surface area contributed by atoms with Crippen molar-refractivity contribution in [2.45, 2.75) is 11.8 Å². The predicted octanol–water partition coefficient (Wildman–Crippen LogP) is 0.221. The van der Waals surface area contributed by atoms with Crippen molar-refractivity contribution >= 4 is 29.3 Å². The first-order valence-corrected chi connectivity index (χ1v) is 9.08. The predicted molar refractivity (Wildman–Crippen MR) is 93.0 cm³/mol. The minimum Gasteiger partial charge on any atom is -0.465 e. The number of nitro groups is 1. The minimum atomic E-state index is -0.529. The van der Waals surface area contributed by atoms with Gasteiger partial charge >= 0.3 is 5.97 Å². The molecule has 9 heteroatoms. The van der Waals surface area contributed by atoms with Crippen molar-refractivity contribution in [3.8, 4) is 0 Å². The number of rotatable bonds is 6. The molecule has 0 radical (unpaired) electrons. The van der Waals surface area contributed by atoms with E-state index in [2.05, 4.69) is 7.05 Å². The first-order chi connectivity index (χ1) is 11.9. The summed E-state index contributed by atoms with van der Waals surface area (Å²) in [5.41, 5.74) is 0.131. The number of benzene rings is 1. The number of esters is 1. The van der Waals surface area contributed by atoms with E-state index in [0.29, 0.717) is 23.5 Å². The van der Waals surface area contributed by atoms with Crippen LogP contribution in [0, 0.1) is 10.1 Å². The molecule has 1 aromatic carbocycles. The number of ether oxygens (including phenoxy) is 1. The van der Waals surface area contributed by atoms with Crippen LogP contribution < -0.4 is 4.90 Å². The van der Waals surface area contributed by atoms with Gasteiger partial charge < -0.3 is 14.5 Å². The number of hydrogen-bond acceptors (Lipinski definition) is 6. The molecule has 136 valence electrons. The van der Waals surface area contributed by atoms with E-state index < -0.39 is 10.9 Å². The van der Waals surface area contributed by atoms with Crippen LogP contribution in [0.1, 0.15) is 17.3 Å². The second-order valence-electron chi connectivity index (χ2n) is 5.78. The molecule has 1 aromatic rings. The van der Waals surface area contributed by atoms with Gasteiger partial charge in [-0.05, 0) is 19.1 Å². The van der Waals surface area contributed by atoms with Crippen LogP contribution in [0.3, 0.4) is 0 Å². The van der Waals surface area contributed by atoms with Crippen molar-refractivity contribution in [2.24, 2.45) is 0 Å². The van der Waals surface area contributed by atoms with E-state index in [9.17, 15) is 19.7 Å². The molecule has 25 heavy (non-hydrogen) atoms. The number of carbonyl (C=O) groups is 2. The Morgan fingerprint density at radius 1 is 1.36 bits per heavy atom. The van der Waals surface area contributed by atoms with Crippen LogP contribution in [0.5, 0.6) is 0 Å². The number of nitro benzene ring substituents is 1. The van der Waals surface area contributed by atoms with Gasteiger partial charge in [-0.3, -0.25) is 19.7 Å². The molecular weight excluding hydrogens is 346 g/mol. The molecule has 0 bridgehead atoms. The Labute approximate surface area is 150 Å². The summed E-state index contributed by atoms with van der Waals surface area (Å²) in [5, 5.41) is 11.3. The number of nitrogens with one attached hydrogen (secondary N) is 1. The van der Waals surface area contributed by atoms with Crippen molar-refractivity contribution in [3.63, 3.8) is 0 Å². The van der Waals surface area contributed by atoms with Gasteiger partial charge in [0.15, 0.2) is 0 Å². The van der Waals surface area contributed by atoms with Gasteiger partial charge in [-0.1, -0.05) is 0 Å². The second-order valence-corrected chi connectivity index (χ2v) is 6.80. The fourth-order valence-corrected chi connectivity index (χ4v) is 3.33. The van der Waals surface area contributed by atoms with Crippen LogP contribution in [0.2, 0.25) is 0 Å². The van der Waals surface area contributed by atoms with Crippen molar-refractivity contribution in [3.05, 3.63) is 33.9 Å². The van der Waals surface area contributed by atoms with Crippen LogP contribution in [0.4, 0.5) is 5.69 Å². The summed E-state index contributed by atoms with van der Waals surface area (Å²) < 4.78 is 4.82. The fourth-order valence-electron chi connectivity index (χ4n) is 2.53. The number of quaternary nitrogens is 1. The number of piperazine rings is 1. The number of carbonyl (C=O) groups excluding carboxylic acids is 2. The number of nitrogens with zero attached hydrogens (tertiary/aromatic N) is 2. The zero-order valence-electron chi connectivity index (χ0n) is 14.3. The molecule has 1 aliphatic rings. The summed E-state index contributed by atoms with van der Waals surface area (Å²) >= 11 is 1.04. The molecule has 1 N–H and O–H groups in total. The zero-order valence-corrected chi connectivity index (χ0v) is 15.1. The molecule has 1 fully saturated rings. The van der Waals surface area contributed by atoms with E-state index in [0.717, 1.165) is 24.9 Å². The van der Waals surface area contributed by atoms with Crippen LogP contribution in [0.25, 0.3) is 0 Å². The lowest BCUT2D eigenvalue weighted by atomic mass is 10.1. The van der Waals surface area contributed by atoms with Crippen LogP contribution in [0.15, 0.2) is 23.1 Å². The average Bonchev–Trinajstić information content (AvgIpc) is 2.60. The topological polar surface area (TPSA) is 94.2 Å². The van der Waals surface area contributed by atoms with Crippen molar-refractivity contribution in [2.75, 3.05) is 45.6 Å². The highest BCUT2D eigenvalue weighted by Crippen LogP contribution is 2.30. The van der Waals surface area contributed by atoms with E-state index in [-0.39, 0.29) is 24.0 Å². The molecule has 0 saturated carbocycles. The molecule has 1 aliphatic heterocycles. The van der Waals surface area contributed by atoms with E-state index in [4.69, 9.17) is 4.74 Å². The summed E-state index contributed by atoms with van der Waals surface area (Å²) in [6, 6.07) is 4.39. The Balaban J connectivity index is 2.13. The normalized spacial score (nSPS) is 15.0. The Morgan fingerprint density at radius 3 is 2.64 bits per heavy atom. The van der Waals surface area contributed by atoms with Gasteiger partial charge in [-0.15, -0.1) is 11.8 Å². The molecule has 1 amide bonds. The van der Waals surface area contributed by atoms with Crippen LogP contribution >= 0.6 is 11.8 Å². The largest absolute Gasteiger partial charge is 0.465 e. The Bertz CT molecular complexity index is 659. The average molecular weight is 368 g/mol. The SMILES string of the molecule is CCOC(=O)CSc1ccc(C(=O)N2CC[NH+](C)CC2)cc1[N+](=O)[O-]. The first kappa shape index (κ1) is 19.2. The quantitative estimate of drug-likeness (QED) is 0.334. The zero-order chi connectivity index (χ0) is 18.4. The van der Waals surface area contributed by atoms with Gasteiger partial charge in [0.2, 0.25) is 0 Å². The molecule has 0 unspecified atom stereocenters. The minimum absolute atomic E-state index is 0.0107. The third kappa shape index (κ3) is 5.17. The summed E-state index contributed by atoms with van der Waals surface area (Å²) in [7, 11) is 2.07. The van der Waals surface area contributed by atoms with Gasteiger partial charge in [0.05, 0.1) is 55.4 Å².